The number of carbonyl (C=O) groups is 1. The van der Waals surface area contributed by atoms with E-state index in [2.05, 4.69) is 32.3 Å². The molecule has 3 heterocycles. The van der Waals surface area contributed by atoms with Gasteiger partial charge >= 0.3 is 6.03 Å². The summed E-state index contributed by atoms with van der Waals surface area (Å²) in [4.78, 5) is 23.9. The maximum atomic E-state index is 12.4. The average Bonchev–Trinajstić information content (AvgIpc) is 3.10. The molecule has 3 aromatic rings. The number of piperazine rings is 1. The van der Waals surface area contributed by atoms with Crippen molar-refractivity contribution in [3.63, 3.8) is 0 Å². The molecule has 25 heavy (non-hydrogen) atoms. The molecule has 1 fully saturated rings. The fraction of sp³-hybridized carbons (Fsp3) is 0.263. The van der Waals surface area contributed by atoms with E-state index in [1.165, 1.54) is 0 Å². The van der Waals surface area contributed by atoms with Gasteiger partial charge in [0.15, 0.2) is 0 Å². The average molecular weight is 335 g/mol. The van der Waals surface area contributed by atoms with Crippen molar-refractivity contribution in [2.24, 2.45) is 0 Å². The van der Waals surface area contributed by atoms with Crippen molar-refractivity contribution in [2.45, 2.75) is 6.54 Å². The highest BCUT2D eigenvalue weighted by atomic mass is 16.2. The maximum absolute atomic E-state index is 12.4. The zero-order valence-corrected chi connectivity index (χ0v) is 14.0. The van der Waals surface area contributed by atoms with E-state index in [4.69, 9.17) is 0 Å². The third kappa shape index (κ3) is 3.42. The summed E-state index contributed by atoms with van der Waals surface area (Å²) in [6.07, 6.45) is 3.60. The molecule has 0 aliphatic carbocycles. The molecule has 0 radical (unpaired) electrons. The molecule has 1 aliphatic rings. The van der Waals surface area contributed by atoms with Gasteiger partial charge in [-0.15, -0.1) is 0 Å². The first kappa shape index (κ1) is 15.5. The smallest absolute Gasteiger partial charge is 0.317 e. The summed E-state index contributed by atoms with van der Waals surface area (Å²) in [5, 5.41) is 4.18. The molecule has 0 unspecified atom stereocenters. The van der Waals surface area contributed by atoms with Crippen LogP contribution < -0.4 is 10.2 Å². The number of anilines is 1. The Kier molecular flexibility index (Phi) is 4.24. The lowest BCUT2D eigenvalue weighted by Gasteiger charge is -2.36. The summed E-state index contributed by atoms with van der Waals surface area (Å²) >= 11 is 0. The SMILES string of the molecule is O=C(NCc1cc2ccccc2[nH]1)N1CCN(c2ccncc2)CC1. The van der Waals surface area contributed by atoms with Gasteiger partial charge in [-0.05, 0) is 29.7 Å². The first-order valence-corrected chi connectivity index (χ1v) is 8.54. The van der Waals surface area contributed by atoms with Gasteiger partial charge in [-0.3, -0.25) is 4.98 Å². The first-order chi connectivity index (χ1) is 12.3. The minimum absolute atomic E-state index is 0.00645. The Bertz CT molecular complexity index is 819. The van der Waals surface area contributed by atoms with Crippen LogP contribution in [0.4, 0.5) is 10.5 Å². The van der Waals surface area contributed by atoms with E-state index in [1.54, 1.807) is 12.4 Å². The van der Waals surface area contributed by atoms with E-state index in [1.807, 2.05) is 35.2 Å². The highest BCUT2D eigenvalue weighted by Crippen LogP contribution is 2.16. The van der Waals surface area contributed by atoms with Crippen LogP contribution >= 0.6 is 0 Å². The van der Waals surface area contributed by atoms with Crippen LogP contribution in [0.5, 0.6) is 0 Å². The molecule has 2 N–H and O–H groups in total. The number of hydrogen-bond acceptors (Lipinski definition) is 3. The van der Waals surface area contributed by atoms with Crippen molar-refractivity contribution in [1.82, 2.24) is 20.2 Å². The molecular formula is C19H21N5O. The van der Waals surface area contributed by atoms with Gasteiger partial charge in [-0.1, -0.05) is 18.2 Å². The number of amides is 2. The largest absolute Gasteiger partial charge is 0.368 e. The van der Waals surface area contributed by atoms with Gasteiger partial charge in [0, 0.05) is 55.5 Å². The summed E-state index contributed by atoms with van der Waals surface area (Å²) in [6.45, 7) is 3.63. The second-order valence-corrected chi connectivity index (χ2v) is 6.22. The molecule has 6 nitrogen and oxygen atoms in total. The predicted molar refractivity (Wildman–Crippen MR) is 98.6 cm³/mol. The van der Waals surface area contributed by atoms with Gasteiger partial charge < -0.3 is 20.1 Å². The third-order valence-corrected chi connectivity index (χ3v) is 4.61. The fourth-order valence-electron chi connectivity index (χ4n) is 3.23. The molecule has 0 saturated carbocycles. The lowest BCUT2D eigenvalue weighted by molar-refractivity contribution is 0.194. The quantitative estimate of drug-likeness (QED) is 0.773. The molecular weight excluding hydrogens is 314 g/mol. The number of nitrogens with zero attached hydrogens (tertiary/aromatic N) is 3. The molecule has 0 bridgehead atoms. The van der Waals surface area contributed by atoms with Crippen molar-refractivity contribution in [1.29, 1.82) is 0 Å². The van der Waals surface area contributed by atoms with Crippen LogP contribution in [0.2, 0.25) is 0 Å². The zero-order valence-electron chi connectivity index (χ0n) is 14.0. The van der Waals surface area contributed by atoms with Crippen LogP contribution in [-0.4, -0.2) is 47.1 Å². The topological polar surface area (TPSA) is 64.3 Å². The minimum atomic E-state index is -0.00645. The Labute approximate surface area is 146 Å². The molecule has 1 aliphatic heterocycles. The normalized spacial score (nSPS) is 14.7. The minimum Gasteiger partial charge on any atom is -0.368 e. The van der Waals surface area contributed by atoms with Gasteiger partial charge in [0.1, 0.15) is 0 Å². The Morgan fingerprint density at radius 1 is 1.08 bits per heavy atom. The Hall–Kier alpha value is -3.02. The second kappa shape index (κ2) is 6.84. The maximum Gasteiger partial charge on any atom is 0.317 e. The number of para-hydroxylation sites is 1. The van der Waals surface area contributed by atoms with E-state index in [9.17, 15) is 4.79 Å². The Balaban J connectivity index is 1.30. The number of aromatic nitrogens is 2. The van der Waals surface area contributed by atoms with Crippen LogP contribution in [0.1, 0.15) is 5.69 Å². The second-order valence-electron chi connectivity index (χ2n) is 6.22. The standard InChI is InChI=1S/C19H21N5O/c25-19(21-14-16-13-15-3-1-2-4-18(15)22-16)24-11-9-23(10-12-24)17-5-7-20-8-6-17/h1-8,13,22H,9-12,14H2,(H,21,25). The van der Waals surface area contributed by atoms with Gasteiger partial charge in [0.25, 0.3) is 0 Å². The number of benzene rings is 1. The van der Waals surface area contributed by atoms with Crippen LogP contribution in [0, 0.1) is 0 Å². The van der Waals surface area contributed by atoms with Crippen LogP contribution in [-0.2, 0) is 6.54 Å². The molecule has 0 spiro atoms. The Morgan fingerprint density at radius 2 is 1.84 bits per heavy atom. The summed E-state index contributed by atoms with van der Waals surface area (Å²) in [5.74, 6) is 0. The van der Waals surface area contributed by atoms with Crippen molar-refractivity contribution in [2.75, 3.05) is 31.1 Å². The van der Waals surface area contributed by atoms with E-state index >= 15 is 0 Å². The molecule has 0 atom stereocenters. The molecule has 4 rings (SSSR count). The van der Waals surface area contributed by atoms with Crippen molar-refractivity contribution in [3.05, 3.63) is 60.6 Å². The van der Waals surface area contributed by atoms with Crippen LogP contribution in [0.25, 0.3) is 10.9 Å². The summed E-state index contributed by atoms with van der Waals surface area (Å²) in [5.41, 5.74) is 3.27. The van der Waals surface area contributed by atoms with Crippen LogP contribution in [0.3, 0.4) is 0 Å². The molecule has 6 heteroatoms. The highest BCUT2D eigenvalue weighted by Gasteiger charge is 2.21. The third-order valence-electron chi connectivity index (χ3n) is 4.61. The number of hydrogen-bond donors (Lipinski definition) is 2. The monoisotopic (exact) mass is 335 g/mol. The van der Waals surface area contributed by atoms with E-state index in [0.717, 1.165) is 48.5 Å². The zero-order chi connectivity index (χ0) is 17.1. The number of aromatic amines is 1. The van der Waals surface area contributed by atoms with E-state index in [0.29, 0.717) is 6.54 Å². The number of H-pyrrole nitrogens is 1. The molecule has 1 aromatic carbocycles. The highest BCUT2D eigenvalue weighted by molar-refractivity contribution is 5.80. The number of rotatable bonds is 3. The van der Waals surface area contributed by atoms with Gasteiger partial charge in [-0.25, -0.2) is 4.79 Å². The Morgan fingerprint density at radius 3 is 2.60 bits per heavy atom. The number of nitrogens with one attached hydrogen (secondary N) is 2. The lowest BCUT2D eigenvalue weighted by Crippen LogP contribution is -2.51. The summed E-state index contributed by atoms with van der Waals surface area (Å²) < 4.78 is 0. The number of fused-ring (bicyclic) bond motifs is 1. The molecule has 128 valence electrons. The molecule has 2 aromatic heterocycles. The van der Waals surface area contributed by atoms with Gasteiger partial charge in [-0.2, -0.15) is 0 Å². The van der Waals surface area contributed by atoms with Gasteiger partial charge in [0.2, 0.25) is 0 Å². The van der Waals surface area contributed by atoms with E-state index < -0.39 is 0 Å². The van der Waals surface area contributed by atoms with E-state index in [-0.39, 0.29) is 6.03 Å². The van der Waals surface area contributed by atoms with Gasteiger partial charge in [0.05, 0.1) is 6.54 Å². The van der Waals surface area contributed by atoms with Crippen molar-refractivity contribution in [3.8, 4) is 0 Å². The number of pyridine rings is 1. The number of carbonyl (C=O) groups excluding carboxylic acids is 1. The predicted octanol–water partition coefficient (Wildman–Crippen LogP) is 2.59. The molecule has 2 amide bonds. The lowest BCUT2D eigenvalue weighted by atomic mass is 10.2. The first-order valence-electron chi connectivity index (χ1n) is 8.54. The fourth-order valence-corrected chi connectivity index (χ4v) is 3.23. The summed E-state index contributed by atoms with van der Waals surface area (Å²) in [6, 6.07) is 14.2. The van der Waals surface area contributed by atoms with Crippen molar-refractivity contribution >= 4 is 22.6 Å². The van der Waals surface area contributed by atoms with Crippen molar-refractivity contribution < 1.29 is 4.79 Å². The number of urea groups is 1. The molecule has 1 saturated heterocycles. The van der Waals surface area contributed by atoms with Crippen LogP contribution in [0.15, 0.2) is 54.9 Å². The summed E-state index contributed by atoms with van der Waals surface area (Å²) in [7, 11) is 0.